The average Bonchev–Trinajstić information content (AvgIpc) is 2.45. The molecular weight excluding hydrogens is 316 g/mol. The lowest BCUT2D eigenvalue weighted by molar-refractivity contribution is -0.131. The van der Waals surface area contributed by atoms with Crippen LogP contribution >= 0.6 is 0 Å². The SMILES string of the molecule is Cc1cc(N2CCN(C(=O)CCCS(N)(=O)=O)CC2)cc(C)n1. The van der Waals surface area contributed by atoms with Gasteiger partial charge in [0.1, 0.15) is 0 Å². The summed E-state index contributed by atoms with van der Waals surface area (Å²) in [4.78, 5) is 20.5. The molecule has 1 aromatic rings. The monoisotopic (exact) mass is 340 g/mol. The fourth-order valence-electron chi connectivity index (χ4n) is 2.79. The van der Waals surface area contributed by atoms with Crippen LogP contribution in [0.1, 0.15) is 24.2 Å². The van der Waals surface area contributed by atoms with Crippen molar-refractivity contribution in [2.45, 2.75) is 26.7 Å². The van der Waals surface area contributed by atoms with Gasteiger partial charge in [-0.15, -0.1) is 0 Å². The van der Waals surface area contributed by atoms with Gasteiger partial charge in [-0.05, 0) is 32.4 Å². The molecule has 0 saturated carbocycles. The van der Waals surface area contributed by atoms with Gasteiger partial charge in [0.15, 0.2) is 0 Å². The molecular formula is C15H24N4O3S. The molecule has 8 heteroatoms. The van der Waals surface area contributed by atoms with E-state index < -0.39 is 10.0 Å². The lowest BCUT2D eigenvalue weighted by atomic mass is 10.2. The Morgan fingerprint density at radius 2 is 1.74 bits per heavy atom. The van der Waals surface area contributed by atoms with Gasteiger partial charge < -0.3 is 9.80 Å². The Labute approximate surface area is 137 Å². The van der Waals surface area contributed by atoms with E-state index in [0.29, 0.717) is 13.1 Å². The third-order valence-corrected chi connectivity index (χ3v) is 4.74. The number of nitrogens with two attached hydrogens (primary N) is 1. The molecule has 0 radical (unpaired) electrons. The van der Waals surface area contributed by atoms with Crippen molar-refractivity contribution in [1.82, 2.24) is 9.88 Å². The van der Waals surface area contributed by atoms with Crippen molar-refractivity contribution in [3.05, 3.63) is 23.5 Å². The third-order valence-electron chi connectivity index (χ3n) is 3.88. The topological polar surface area (TPSA) is 96.6 Å². The van der Waals surface area contributed by atoms with Crippen LogP contribution in [0.4, 0.5) is 5.69 Å². The minimum atomic E-state index is -3.49. The number of pyridine rings is 1. The number of anilines is 1. The van der Waals surface area contributed by atoms with Crippen LogP contribution in [0.25, 0.3) is 0 Å². The molecule has 0 unspecified atom stereocenters. The van der Waals surface area contributed by atoms with Crippen molar-refractivity contribution in [2.24, 2.45) is 5.14 Å². The van der Waals surface area contributed by atoms with E-state index in [1.807, 2.05) is 13.8 Å². The molecule has 0 spiro atoms. The maximum absolute atomic E-state index is 12.1. The largest absolute Gasteiger partial charge is 0.368 e. The van der Waals surface area contributed by atoms with Crippen LogP contribution in [-0.4, -0.2) is 56.1 Å². The van der Waals surface area contributed by atoms with Crippen LogP contribution < -0.4 is 10.0 Å². The molecule has 0 aliphatic carbocycles. The third kappa shape index (κ3) is 5.47. The molecule has 1 aliphatic rings. The van der Waals surface area contributed by atoms with Gasteiger partial charge in [0.25, 0.3) is 0 Å². The number of sulfonamides is 1. The Hall–Kier alpha value is -1.67. The predicted molar refractivity (Wildman–Crippen MR) is 89.7 cm³/mol. The normalized spacial score (nSPS) is 15.8. The first-order chi connectivity index (χ1) is 10.7. The maximum atomic E-state index is 12.1. The molecule has 1 aromatic heterocycles. The van der Waals surface area contributed by atoms with Crippen LogP contribution in [0.2, 0.25) is 0 Å². The summed E-state index contributed by atoms with van der Waals surface area (Å²) in [5, 5.41) is 4.94. The summed E-state index contributed by atoms with van der Waals surface area (Å²) < 4.78 is 21.8. The van der Waals surface area contributed by atoms with Gasteiger partial charge in [0.2, 0.25) is 15.9 Å². The molecule has 128 valence electrons. The van der Waals surface area contributed by atoms with Crippen LogP contribution in [0.3, 0.4) is 0 Å². The summed E-state index contributed by atoms with van der Waals surface area (Å²) in [5.41, 5.74) is 3.11. The van der Waals surface area contributed by atoms with E-state index in [9.17, 15) is 13.2 Å². The van der Waals surface area contributed by atoms with Crippen molar-refractivity contribution in [2.75, 3.05) is 36.8 Å². The number of carbonyl (C=O) groups is 1. The molecule has 23 heavy (non-hydrogen) atoms. The molecule has 0 bridgehead atoms. The molecule has 1 amide bonds. The van der Waals surface area contributed by atoms with E-state index in [0.717, 1.165) is 30.2 Å². The highest BCUT2D eigenvalue weighted by molar-refractivity contribution is 7.89. The van der Waals surface area contributed by atoms with E-state index in [1.165, 1.54) is 0 Å². The van der Waals surface area contributed by atoms with E-state index in [1.54, 1.807) is 4.90 Å². The zero-order valence-electron chi connectivity index (χ0n) is 13.7. The van der Waals surface area contributed by atoms with Gasteiger partial charge in [-0.2, -0.15) is 0 Å². The van der Waals surface area contributed by atoms with Gasteiger partial charge in [0.05, 0.1) is 5.75 Å². The number of amides is 1. The quantitative estimate of drug-likeness (QED) is 0.838. The van der Waals surface area contributed by atoms with Crippen LogP contribution in [0.15, 0.2) is 12.1 Å². The summed E-state index contributed by atoms with van der Waals surface area (Å²) in [7, 11) is -3.49. The van der Waals surface area contributed by atoms with Crippen molar-refractivity contribution in [3.63, 3.8) is 0 Å². The van der Waals surface area contributed by atoms with Crippen molar-refractivity contribution < 1.29 is 13.2 Å². The number of aryl methyl sites for hydroxylation is 2. The Morgan fingerprint density at radius 3 is 2.26 bits per heavy atom. The minimum Gasteiger partial charge on any atom is -0.368 e. The molecule has 2 heterocycles. The van der Waals surface area contributed by atoms with Crippen molar-refractivity contribution in [1.29, 1.82) is 0 Å². The van der Waals surface area contributed by atoms with Gasteiger partial charge in [-0.3, -0.25) is 9.78 Å². The first-order valence-electron chi connectivity index (χ1n) is 7.73. The lowest BCUT2D eigenvalue weighted by Crippen LogP contribution is -2.48. The highest BCUT2D eigenvalue weighted by Crippen LogP contribution is 2.18. The second-order valence-corrected chi connectivity index (χ2v) is 7.68. The second kappa shape index (κ2) is 7.27. The number of piperazine rings is 1. The zero-order chi connectivity index (χ0) is 17.0. The van der Waals surface area contributed by atoms with E-state index in [4.69, 9.17) is 5.14 Å². The molecule has 0 atom stereocenters. The van der Waals surface area contributed by atoms with E-state index in [2.05, 4.69) is 22.0 Å². The Morgan fingerprint density at radius 1 is 1.17 bits per heavy atom. The van der Waals surface area contributed by atoms with Crippen molar-refractivity contribution >= 4 is 21.6 Å². The van der Waals surface area contributed by atoms with Crippen LogP contribution in [-0.2, 0) is 14.8 Å². The summed E-state index contributed by atoms with van der Waals surface area (Å²) in [5.74, 6) is -0.149. The highest BCUT2D eigenvalue weighted by atomic mass is 32.2. The van der Waals surface area contributed by atoms with Crippen LogP contribution in [0, 0.1) is 13.8 Å². The molecule has 1 saturated heterocycles. The molecule has 7 nitrogen and oxygen atoms in total. The molecule has 0 aromatic carbocycles. The molecule has 1 fully saturated rings. The highest BCUT2D eigenvalue weighted by Gasteiger charge is 2.21. The molecule has 2 rings (SSSR count). The molecule has 2 N–H and O–H groups in total. The van der Waals surface area contributed by atoms with E-state index >= 15 is 0 Å². The Balaban J connectivity index is 1.84. The minimum absolute atomic E-state index is 0.00427. The fourth-order valence-corrected chi connectivity index (χ4v) is 3.34. The van der Waals surface area contributed by atoms with E-state index in [-0.39, 0.29) is 24.5 Å². The summed E-state index contributed by atoms with van der Waals surface area (Å²) >= 11 is 0. The Bertz CT molecular complexity index is 647. The number of primary sulfonamides is 1. The Kier molecular flexibility index (Phi) is 5.59. The fraction of sp³-hybridized carbons (Fsp3) is 0.600. The average molecular weight is 340 g/mol. The second-order valence-electron chi connectivity index (χ2n) is 5.95. The van der Waals surface area contributed by atoms with Gasteiger partial charge in [-0.1, -0.05) is 0 Å². The number of hydrogen-bond acceptors (Lipinski definition) is 5. The zero-order valence-corrected chi connectivity index (χ0v) is 14.5. The summed E-state index contributed by atoms with van der Waals surface area (Å²) in [6.07, 6.45) is 0.504. The van der Waals surface area contributed by atoms with Crippen LogP contribution in [0.5, 0.6) is 0 Å². The summed E-state index contributed by atoms with van der Waals surface area (Å²) in [6.45, 7) is 6.78. The smallest absolute Gasteiger partial charge is 0.222 e. The first-order valence-corrected chi connectivity index (χ1v) is 9.44. The number of hydrogen-bond donors (Lipinski definition) is 1. The maximum Gasteiger partial charge on any atom is 0.222 e. The predicted octanol–water partition coefficient (Wildman–Crippen LogP) is 0.416. The van der Waals surface area contributed by atoms with Gasteiger partial charge in [-0.25, -0.2) is 13.6 Å². The summed E-state index contributed by atoms with van der Waals surface area (Å²) in [6, 6.07) is 4.10. The number of carbonyl (C=O) groups excluding carboxylic acids is 1. The number of rotatable bonds is 5. The van der Waals surface area contributed by atoms with Gasteiger partial charge in [0, 0.05) is 49.7 Å². The first kappa shape index (κ1) is 17.7. The number of aromatic nitrogens is 1. The lowest BCUT2D eigenvalue weighted by Gasteiger charge is -2.36. The molecule has 1 aliphatic heterocycles. The van der Waals surface area contributed by atoms with Gasteiger partial charge >= 0.3 is 0 Å². The standard InChI is InChI=1S/C15H24N4O3S/c1-12-10-14(11-13(2)17-12)18-5-7-19(8-6-18)15(20)4-3-9-23(16,21)22/h10-11H,3-9H2,1-2H3,(H2,16,21,22). The number of nitrogens with zero attached hydrogens (tertiary/aromatic N) is 3. The van der Waals surface area contributed by atoms with Crippen molar-refractivity contribution in [3.8, 4) is 0 Å².